The lowest BCUT2D eigenvalue weighted by molar-refractivity contribution is -0.170. The van der Waals surface area contributed by atoms with Crippen LogP contribution in [0.2, 0.25) is 0 Å². The highest BCUT2D eigenvalue weighted by Gasteiger charge is 2.66. The summed E-state index contributed by atoms with van der Waals surface area (Å²) in [6.45, 7) is 14.5. The largest absolute Gasteiger partial charge is 0.342 e. The van der Waals surface area contributed by atoms with E-state index < -0.39 is 0 Å². The third kappa shape index (κ3) is 4.37. The Hall–Kier alpha value is -1.85. The second kappa shape index (κ2) is 8.77. The van der Waals surface area contributed by atoms with Crippen LogP contribution in [0.4, 0.5) is 0 Å². The summed E-state index contributed by atoms with van der Waals surface area (Å²) in [5, 5.41) is 10.4. The van der Waals surface area contributed by atoms with Gasteiger partial charge in [0.25, 0.3) is 0 Å². The predicted molar refractivity (Wildman–Crippen MR) is 185 cm³/mol. The molecule has 12 fully saturated rings. The van der Waals surface area contributed by atoms with Crippen LogP contribution in [0.3, 0.4) is 0 Å². The van der Waals surface area contributed by atoms with Crippen LogP contribution in [0.25, 0.3) is 0 Å². The first-order valence-corrected chi connectivity index (χ1v) is 19.9. The number of hydrogen-bond acceptors (Lipinski definition) is 3. The van der Waals surface area contributed by atoms with Crippen LogP contribution in [0.15, 0.2) is 11.4 Å². The second-order valence-corrected chi connectivity index (χ2v) is 23.4. The van der Waals surface area contributed by atoms with E-state index >= 15 is 0 Å². The maximum Gasteiger partial charge on any atom is 0.230 e. The molecular weight excluding hydrogens is 594 g/mol. The van der Waals surface area contributed by atoms with E-state index in [0.29, 0.717) is 17.8 Å². The van der Waals surface area contributed by atoms with Crippen molar-refractivity contribution >= 4 is 17.7 Å². The Morgan fingerprint density at radius 1 is 0.417 bits per heavy atom. The number of carbonyl (C=O) groups is 3. The highest BCUT2D eigenvalue weighted by atomic mass is 16.2. The number of rotatable bonds is 6. The second-order valence-electron chi connectivity index (χ2n) is 23.4. The van der Waals surface area contributed by atoms with Gasteiger partial charge in [0.05, 0.1) is 27.6 Å². The Bertz CT molecular complexity index is 1460. The van der Waals surface area contributed by atoms with E-state index in [-0.39, 0.29) is 72.5 Å². The van der Waals surface area contributed by atoms with Crippen LogP contribution < -0.4 is 16.0 Å². The summed E-state index contributed by atoms with van der Waals surface area (Å²) in [4.78, 5) is 43.6. The number of amides is 3. The van der Waals surface area contributed by atoms with E-state index in [9.17, 15) is 14.4 Å². The van der Waals surface area contributed by atoms with Crippen molar-refractivity contribution in [1.82, 2.24) is 16.0 Å². The molecule has 13 aliphatic carbocycles. The van der Waals surface area contributed by atoms with Crippen LogP contribution in [-0.2, 0) is 14.4 Å². The minimum Gasteiger partial charge on any atom is -0.342 e. The first kappa shape index (κ1) is 30.9. The van der Waals surface area contributed by atoms with Crippen molar-refractivity contribution in [1.29, 1.82) is 0 Å². The molecule has 6 nitrogen and oxygen atoms in total. The molecule has 3 N–H and O–H groups in total. The number of nitrogens with one attached hydrogen (secondary N) is 3. The van der Waals surface area contributed by atoms with Crippen LogP contribution in [0.1, 0.15) is 157 Å². The van der Waals surface area contributed by atoms with Gasteiger partial charge in [-0.2, -0.15) is 0 Å². The molecule has 12 bridgehead atoms. The van der Waals surface area contributed by atoms with Crippen molar-refractivity contribution < 1.29 is 14.4 Å². The van der Waals surface area contributed by atoms with Crippen molar-refractivity contribution in [2.75, 3.05) is 0 Å². The van der Waals surface area contributed by atoms with Gasteiger partial charge in [-0.3, -0.25) is 14.4 Å². The maximum atomic E-state index is 14.5. The average molecular weight is 656 g/mol. The lowest BCUT2D eigenvalue weighted by atomic mass is 9.40. The zero-order valence-corrected chi connectivity index (χ0v) is 30.8. The van der Waals surface area contributed by atoms with Gasteiger partial charge in [-0.05, 0) is 166 Å². The van der Waals surface area contributed by atoms with E-state index in [4.69, 9.17) is 0 Å². The summed E-state index contributed by atoms with van der Waals surface area (Å²) in [5.41, 5.74) is 1.98. The molecule has 0 aromatic rings. The highest BCUT2D eigenvalue weighted by Crippen LogP contribution is 2.72. The Balaban J connectivity index is 0.935. The topological polar surface area (TPSA) is 87.3 Å². The molecule has 3 amide bonds. The summed E-state index contributed by atoms with van der Waals surface area (Å²) < 4.78 is 0. The molecule has 0 aromatic carbocycles. The van der Waals surface area contributed by atoms with Crippen LogP contribution >= 0.6 is 0 Å². The van der Waals surface area contributed by atoms with Crippen molar-refractivity contribution in [3.8, 4) is 0 Å². The molecule has 0 radical (unpaired) electrons. The normalized spacial score (nSPS) is 57.6. The fourth-order valence-electron chi connectivity index (χ4n) is 18.5. The van der Waals surface area contributed by atoms with Gasteiger partial charge in [0, 0.05) is 0 Å². The molecule has 13 rings (SSSR count). The first-order valence-electron chi connectivity index (χ1n) is 19.9. The molecule has 0 heterocycles. The van der Waals surface area contributed by atoms with Gasteiger partial charge < -0.3 is 16.0 Å². The lowest BCUT2D eigenvalue weighted by Crippen LogP contribution is -2.61. The molecule has 0 aromatic heterocycles. The van der Waals surface area contributed by atoms with E-state index in [1.807, 2.05) is 0 Å². The minimum atomic E-state index is -0.390. The van der Waals surface area contributed by atoms with Crippen molar-refractivity contribution in [2.45, 2.75) is 163 Å². The number of carbonyl (C=O) groups excluding carboxylic acids is 3. The number of hydrogen-bond donors (Lipinski definition) is 3. The van der Waals surface area contributed by atoms with E-state index in [0.717, 1.165) is 69.2 Å². The third-order valence-corrected chi connectivity index (χ3v) is 16.9. The SMILES string of the molecule is CC12CC3CC(C)(C1)CC(C(=O)NC1=C(NC(=O)C45CC6CC(C)(CC(C)(C6)C4)C5)C1NC(=O)C14CC5CC(C)(CC(C)(C5)C1)C4)(C3)C2. The molecule has 13 aliphatic rings. The molecule has 6 atom stereocenters. The van der Waals surface area contributed by atoms with Gasteiger partial charge in [0.1, 0.15) is 6.04 Å². The zero-order valence-electron chi connectivity index (χ0n) is 30.8. The molecular formula is C42H61N3O3. The first-order chi connectivity index (χ1) is 22.3. The van der Waals surface area contributed by atoms with Crippen LogP contribution in [-0.4, -0.2) is 23.8 Å². The molecule has 0 saturated heterocycles. The van der Waals surface area contributed by atoms with E-state index in [2.05, 4.69) is 57.5 Å². The fourth-order valence-corrected chi connectivity index (χ4v) is 18.5. The summed E-state index contributed by atoms with van der Waals surface area (Å²) in [6, 6.07) is -0.390. The Labute approximate surface area is 288 Å². The third-order valence-electron chi connectivity index (χ3n) is 16.9. The Morgan fingerprint density at radius 3 is 0.958 bits per heavy atom. The van der Waals surface area contributed by atoms with Crippen LogP contribution in [0.5, 0.6) is 0 Å². The standard InChI is InChI=1S/C42H61N3O3/c1-34-7-25-8-35(2,16-34)20-40(13-25,19-34)31(46)43-28-29(44-32(47)41-14-26-9-36(3,21-41)17-37(4,10-26)22-41)30(28)45-33(48)42-15-27-11-38(5,23-42)18-39(6,12-27)24-42/h25-28H,7-24H2,1-6H3,(H,43,46)(H,44,47)(H,45,48). The fraction of sp³-hybridized carbons (Fsp3) is 0.881. The molecule has 262 valence electrons. The van der Waals surface area contributed by atoms with Gasteiger partial charge in [0.15, 0.2) is 0 Å². The molecule has 6 unspecified atom stereocenters. The average Bonchev–Trinajstić information content (AvgIpc) is 3.50. The van der Waals surface area contributed by atoms with Crippen LogP contribution in [0, 0.1) is 66.5 Å². The molecule has 0 aliphatic heterocycles. The predicted octanol–water partition coefficient (Wildman–Crippen LogP) is 7.92. The molecule has 12 saturated carbocycles. The summed E-state index contributed by atoms with van der Waals surface area (Å²) in [7, 11) is 0. The maximum absolute atomic E-state index is 14.5. The van der Waals surface area contributed by atoms with E-state index in [1.54, 1.807) is 0 Å². The van der Waals surface area contributed by atoms with Gasteiger partial charge in [-0.15, -0.1) is 0 Å². The minimum absolute atomic E-state index is 0.146. The van der Waals surface area contributed by atoms with Gasteiger partial charge >= 0.3 is 0 Å². The highest BCUT2D eigenvalue weighted by molar-refractivity contribution is 5.92. The Kier molecular flexibility index (Phi) is 5.65. The summed E-state index contributed by atoms with van der Waals surface area (Å²) in [5.74, 6) is 2.34. The summed E-state index contributed by atoms with van der Waals surface area (Å²) in [6.07, 6.45) is 20.0. The smallest absolute Gasteiger partial charge is 0.230 e. The lowest BCUT2D eigenvalue weighted by Gasteiger charge is -2.64. The van der Waals surface area contributed by atoms with Crippen molar-refractivity contribution in [3.05, 3.63) is 11.4 Å². The molecule has 0 spiro atoms. The van der Waals surface area contributed by atoms with Gasteiger partial charge in [-0.25, -0.2) is 0 Å². The molecule has 6 heteroatoms. The van der Waals surface area contributed by atoms with Crippen molar-refractivity contribution in [2.24, 2.45) is 66.5 Å². The van der Waals surface area contributed by atoms with Crippen molar-refractivity contribution in [3.63, 3.8) is 0 Å². The zero-order chi connectivity index (χ0) is 33.5. The van der Waals surface area contributed by atoms with Gasteiger partial charge in [0.2, 0.25) is 17.7 Å². The monoisotopic (exact) mass is 655 g/mol. The molecule has 48 heavy (non-hydrogen) atoms. The Morgan fingerprint density at radius 2 is 0.688 bits per heavy atom. The summed E-state index contributed by atoms with van der Waals surface area (Å²) >= 11 is 0. The van der Waals surface area contributed by atoms with E-state index in [1.165, 1.54) is 57.8 Å². The quantitative estimate of drug-likeness (QED) is 0.272. The van der Waals surface area contributed by atoms with Gasteiger partial charge in [-0.1, -0.05) is 41.5 Å².